The molecule has 15 heavy (non-hydrogen) atoms. The number of rotatable bonds is 2. The Balaban J connectivity index is 2.62. The molecule has 0 unspecified atom stereocenters. The molecular weight excluding hydrogens is 186 g/mol. The van der Waals surface area contributed by atoms with Crippen molar-refractivity contribution in [2.45, 2.75) is 39.5 Å². The lowest BCUT2D eigenvalue weighted by atomic mass is 9.90. The number of aryl methyl sites for hydroxylation is 1. The van der Waals surface area contributed by atoms with Crippen molar-refractivity contribution < 1.29 is 0 Å². The summed E-state index contributed by atoms with van der Waals surface area (Å²) in [5.41, 5.74) is 3.18. The highest BCUT2D eigenvalue weighted by atomic mass is 15.0. The Hall–Kier alpha value is -1.38. The van der Waals surface area contributed by atoms with Crippen molar-refractivity contribution in [3.63, 3.8) is 0 Å². The summed E-state index contributed by atoms with van der Waals surface area (Å²) < 4.78 is 0. The van der Waals surface area contributed by atoms with Gasteiger partial charge in [-0.05, 0) is 25.0 Å². The molecule has 2 heterocycles. The molecule has 1 N–H and O–H groups in total. The predicted molar refractivity (Wildman–Crippen MR) is 61.9 cm³/mol. The van der Waals surface area contributed by atoms with Gasteiger partial charge in [0.2, 0.25) is 0 Å². The van der Waals surface area contributed by atoms with Gasteiger partial charge in [-0.15, -0.1) is 0 Å². The van der Waals surface area contributed by atoms with Gasteiger partial charge < -0.3 is 4.98 Å². The number of hydrogen-bond donors (Lipinski definition) is 1. The lowest BCUT2D eigenvalue weighted by molar-refractivity contribution is 0.479. The van der Waals surface area contributed by atoms with Gasteiger partial charge in [0.1, 0.15) is 5.82 Å². The first-order valence-electron chi connectivity index (χ1n) is 5.36. The monoisotopic (exact) mass is 203 g/mol. The van der Waals surface area contributed by atoms with E-state index in [4.69, 9.17) is 0 Å². The smallest absolute Gasteiger partial charge is 0.177 e. The Bertz CT molecular complexity index is 483. The van der Waals surface area contributed by atoms with Crippen LogP contribution in [0.3, 0.4) is 0 Å². The van der Waals surface area contributed by atoms with Gasteiger partial charge in [0, 0.05) is 11.6 Å². The number of nitrogens with zero attached hydrogens (tertiary/aromatic N) is 2. The van der Waals surface area contributed by atoms with Crippen molar-refractivity contribution in [2.75, 3.05) is 0 Å². The molecule has 3 nitrogen and oxygen atoms in total. The van der Waals surface area contributed by atoms with Gasteiger partial charge in [0.05, 0.1) is 5.52 Å². The molecule has 0 amide bonds. The van der Waals surface area contributed by atoms with Crippen LogP contribution < -0.4 is 0 Å². The van der Waals surface area contributed by atoms with Gasteiger partial charge in [-0.2, -0.15) is 0 Å². The highest BCUT2D eigenvalue weighted by Gasteiger charge is 2.22. The Morgan fingerprint density at radius 3 is 2.73 bits per heavy atom. The maximum absolute atomic E-state index is 4.55. The summed E-state index contributed by atoms with van der Waals surface area (Å²) in [4.78, 5) is 12.2. The maximum atomic E-state index is 4.55. The summed E-state index contributed by atoms with van der Waals surface area (Å²) in [6, 6.07) is 2.00. The topological polar surface area (TPSA) is 41.6 Å². The van der Waals surface area contributed by atoms with E-state index in [0.29, 0.717) is 0 Å². The Kier molecular flexibility index (Phi) is 2.25. The number of aromatic nitrogens is 3. The lowest BCUT2D eigenvalue weighted by Crippen LogP contribution is -2.17. The molecule has 2 rings (SSSR count). The van der Waals surface area contributed by atoms with Gasteiger partial charge in [0.15, 0.2) is 5.65 Å². The van der Waals surface area contributed by atoms with Crippen molar-refractivity contribution in [3.05, 3.63) is 23.7 Å². The zero-order chi connectivity index (χ0) is 11.1. The van der Waals surface area contributed by atoms with Crippen LogP contribution in [0.15, 0.2) is 12.3 Å². The van der Waals surface area contributed by atoms with Crippen molar-refractivity contribution in [1.82, 2.24) is 15.0 Å². The van der Waals surface area contributed by atoms with Crippen LogP contribution in [0.4, 0.5) is 0 Å². The predicted octanol–water partition coefficient (Wildman–Crippen LogP) is 2.95. The highest BCUT2D eigenvalue weighted by molar-refractivity contribution is 5.74. The number of nitrogens with one attached hydrogen (secondary N) is 1. The molecular formula is C12H17N3. The minimum absolute atomic E-state index is 0.0904. The van der Waals surface area contributed by atoms with Crippen LogP contribution in [0.1, 0.15) is 38.6 Å². The second kappa shape index (κ2) is 3.33. The number of fused-ring (bicyclic) bond motifs is 1. The summed E-state index contributed by atoms with van der Waals surface area (Å²) in [7, 11) is 0. The summed E-state index contributed by atoms with van der Waals surface area (Å²) in [5.74, 6) is 1.03. The van der Waals surface area contributed by atoms with Crippen LogP contribution >= 0.6 is 0 Å². The number of H-pyrrole nitrogens is 1. The molecule has 2 aromatic heterocycles. The fourth-order valence-electron chi connectivity index (χ4n) is 1.52. The molecule has 0 radical (unpaired) electrons. The molecule has 0 atom stereocenters. The zero-order valence-electron chi connectivity index (χ0n) is 9.76. The Labute approximate surface area is 90.0 Å². The Morgan fingerprint density at radius 1 is 1.40 bits per heavy atom. The lowest BCUT2D eigenvalue weighted by Gasteiger charge is -2.18. The molecule has 0 fully saturated rings. The third kappa shape index (κ3) is 1.62. The maximum Gasteiger partial charge on any atom is 0.177 e. The van der Waals surface area contributed by atoms with Crippen LogP contribution in [0.25, 0.3) is 11.2 Å². The molecule has 0 aliphatic rings. The molecule has 0 aliphatic carbocycles. The number of pyridine rings is 1. The molecule has 0 spiro atoms. The summed E-state index contributed by atoms with van der Waals surface area (Å²) in [6.45, 7) is 8.64. The average Bonchev–Trinajstić information content (AvgIpc) is 2.64. The van der Waals surface area contributed by atoms with Crippen molar-refractivity contribution in [2.24, 2.45) is 0 Å². The largest absolute Gasteiger partial charge is 0.340 e. The third-order valence-corrected chi connectivity index (χ3v) is 3.13. The van der Waals surface area contributed by atoms with Crippen LogP contribution in [0, 0.1) is 6.92 Å². The molecule has 2 aromatic rings. The molecule has 0 saturated carbocycles. The van der Waals surface area contributed by atoms with Crippen LogP contribution in [-0.4, -0.2) is 15.0 Å². The minimum atomic E-state index is 0.0904. The summed E-state index contributed by atoms with van der Waals surface area (Å²) >= 11 is 0. The minimum Gasteiger partial charge on any atom is -0.340 e. The van der Waals surface area contributed by atoms with E-state index in [0.717, 1.165) is 23.4 Å². The fraction of sp³-hybridized carbons (Fsp3) is 0.500. The number of imidazole rings is 1. The molecule has 0 saturated heterocycles. The molecule has 80 valence electrons. The second-order valence-corrected chi connectivity index (χ2v) is 4.65. The van der Waals surface area contributed by atoms with Crippen molar-refractivity contribution >= 4 is 11.2 Å². The van der Waals surface area contributed by atoms with E-state index in [1.807, 2.05) is 6.07 Å². The average molecular weight is 203 g/mol. The molecule has 0 aromatic carbocycles. The summed E-state index contributed by atoms with van der Waals surface area (Å²) in [5, 5.41) is 0. The van der Waals surface area contributed by atoms with Gasteiger partial charge in [0.25, 0.3) is 0 Å². The SMILES string of the molecule is CCC(C)(C)c1nc2nccc(C)c2[nH]1. The van der Waals surface area contributed by atoms with E-state index < -0.39 is 0 Å². The first-order chi connectivity index (χ1) is 7.04. The quantitative estimate of drug-likeness (QED) is 0.815. The van der Waals surface area contributed by atoms with Gasteiger partial charge in [-0.3, -0.25) is 0 Å². The third-order valence-electron chi connectivity index (χ3n) is 3.13. The molecule has 0 bridgehead atoms. The van der Waals surface area contributed by atoms with Crippen LogP contribution in [0.5, 0.6) is 0 Å². The van der Waals surface area contributed by atoms with E-state index in [9.17, 15) is 0 Å². The normalized spacial score (nSPS) is 12.3. The van der Waals surface area contributed by atoms with Crippen LogP contribution in [-0.2, 0) is 5.41 Å². The number of hydrogen-bond acceptors (Lipinski definition) is 2. The standard InChI is InChI=1S/C12H17N3/c1-5-12(3,4)11-14-9-8(2)6-7-13-10(9)15-11/h6-7H,5H2,1-4H3,(H,13,14,15). The summed E-state index contributed by atoms with van der Waals surface area (Å²) in [6.07, 6.45) is 2.87. The first kappa shape index (κ1) is 10.1. The highest BCUT2D eigenvalue weighted by Crippen LogP contribution is 2.26. The van der Waals surface area contributed by atoms with E-state index in [1.54, 1.807) is 6.20 Å². The van der Waals surface area contributed by atoms with E-state index in [2.05, 4.69) is 42.6 Å². The van der Waals surface area contributed by atoms with Gasteiger partial charge >= 0.3 is 0 Å². The van der Waals surface area contributed by atoms with E-state index in [-0.39, 0.29) is 5.41 Å². The second-order valence-electron chi connectivity index (χ2n) is 4.65. The Morgan fingerprint density at radius 2 is 2.13 bits per heavy atom. The first-order valence-corrected chi connectivity index (χ1v) is 5.36. The number of aromatic amines is 1. The van der Waals surface area contributed by atoms with Gasteiger partial charge in [-0.25, -0.2) is 9.97 Å². The van der Waals surface area contributed by atoms with Gasteiger partial charge in [-0.1, -0.05) is 20.8 Å². The van der Waals surface area contributed by atoms with Crippen LogP contribution in [0.2, 0.25) is 0 Å². The van der Waals surface area contributed by atoms with Crippen molar-refractivity contribution in [3.8, 4) is 0 Å². The molecule has 0 aliphatic heterocycles. The van der Waals surface area contributed by atoms with E-state index in [1.165, 1.54) is 5.56 Å². The van der Waals surface area contributed by atoms with E-state index >= 15 is 0 Å². The zero-order valence-corrected chi connectivity index (χ0v) is 9.76. The molecule has 3 heteroatoms. The van der Waals surface area contributed by atoms with Crippen molar-refractivity contribution in [1.29, 1.82) is 0 Å². The fourth-order valence-corrected chi connectivity index (χ4v) is 1.52.